The van der Waals surface area contributed by atoms with Crippen LogP contribution in [0.3, 0.4) is 0 Å². The van der Waals surface area contributed by atoms with Crippen molar-refractivity contribution in [3.05, 3.63) is 97.2 Å². The van der Waals surface area contributed by atoms with Crippen molar-refractivity contribution in [3.8, 4) is 0 Å². The van der Waals surface area contributed by atoms with Crippen LogP contribution in [0.2, 0.25) is 0 Å². The number of carbonyl (C=O) groups excluding carboxylic acids is 3. The Morgan fingerprint density at radius 1 is 0.273 bits per heavy atom. The van der Waals surface area contributed by atoms with Gasteiger partial charge in [0.1, 0.15) is 13.2 Å². The van der Waals surface area contributed by atoms with E-state index in [-0.39, 0.29) is 31.1 Å². The van der Waals surface area contributed by atoms with Crippen molar-refractivity contribution in [2.24, 2.45) is 0 Å². The zero-order valence-corrected chi connectivity index (χ0v) is 50.7. The second kappa shape index (κ2) is 64.9. The SMILES string of the molecule is CC/C=C\C/C=C\C/C=C\C/C=C\CCCCCCCCCCCCCCCCC(=O)OCC(COC(=O)CCCCCCC/C=C\CCCCCCCC)OC(=O)CCCCCCCCC/C=C\C/C=C\C/C=C\CC. The van der Waals surface area contributed by atoms with Crippen molar-refractivity contribution >= 4 is 17.9 Å². The van der Waals surface area contributed by atoms with E-state index in [4.69, 9.17) is 14.2 Å². The van der Waals surface area contributed by atoms with Crippen LogP contribution < -0.4 is 0 Å². The summed E-state index contributed by atoms with van der Waals surface area (Å²) in [6.07, 6.45) is 87.0. The van der Waals surface area contributed by atoms with Crippen molar-refractivity contribution in [1.82, 2.24) is 0 Å². The molecule has 0 aliphatic heterocycles. The number of hydrogen-bond acceptors (Lipinski definition) is 6. The van der Waals surface area contributed by atoms with E-state index in [1.165, 1.54) is 161 Å². The minimum absolute atomic E-state index is 0.0829. The molecule has 0 aromatic carbocycles. The second-order valence-corrected chi connectivity index (χ2v) is 21.6. The summed E-state index contributed by atoms with van der Waals surface area (Å²) in [4.78, 5) is 38.3. The van der Waals surface area contributed by atoms with Gasteiger partial charge in [-0.1, -0.05) is 279 Å². The predicted molar refractivity (Wildman–Crippen MR) is 334 cm³/mol. The van der Waals surface area contributed by atoms with Gasteiger partial charge in [0, 0.05) is 19.3 Å². The molecule has 0 heterocycles. The molecule has 0 rings (SSSR count). The van der Waals surface area contributed by atoms with Gasteiger partial charge in [-0.2, -0.15) is 0 Å². The van der Waals surface area contributed by atoms with Crippen LogP contribution in [0.15, 0.2) is 97.2 Å². The average molecular weight is 1070 g/mol. The highest BCUT2D eigenvalue weighted by Crippen LogP contribution is 2.16. The molecule has 6 nitrogen and oxygen atoms in total. The Hall–Kier alpha value is -3.67. The standard InChI is InChI=1S/C71H122O6/c1-4-7-10-13-16-19-22-25-28-30-31-32-33-34-35-36-37-38-39-41-43-46-49-52-55-58-61-64-70(73)76-67-68(66-75-69(72)63-60-57-54-51-48-45-42-27-24-21-18-15-12-9-6-3)77-71(74)65-62-59-56-53-50-47-44-40-29-26-23-20-17-14-11-8-5-2/h7-8,10-11,16-17,19-20,25-29,31-32,42,68H,4-6,9,12-15,18,21-24,30,33-41,43-67H2,1-3H3/b10-7-,11-8-,19-16-,20-17-,28-25-,29-26-,32-31-,42-27-. The first-order valence-electron chi connectivity index (χ1n) is 32.7. The van der Waals surface area contributed by atoms with Gasteiger partial charge in [0.15, 0.2) is 6.10 Å². The molecule has 6 heteroatoms. The molecular weight excluding hydrogens is 949 g/mol. The summed E-state index contributed by atoms with van der Waals surface area (Å²) in [5.74, 6) is -0.890. The molecule has 442 valence electrons. The molecule has 0 N–H and O–H groups in total. The Morgan fingerprint density at radius 2 is 0.506 bits per heavy atom. The Kier molecular flexibility index (Phi) is 61.8. The molecule has 77 heavy (non-hydrogen) atoms. The fourth-order valence-corrected chi connectivity index (χ4v) is 9.21. The molecule has 0 aliphatic rings. The Balaban J connectivity index is 4.30. The molecule has 0 aliphatic carbocycles. The lowest BCUT2D eigenvalue weighted by Crippen LogP contribution is -2.30. The van der Waals surface area contributed by atoms with Crippen molar-refractivity contribution in [2.75, 3.05) is 13.2 Å². The topological polar surface area (TPSA) is 78.9 Å². The van der Waals surface area contributed by atoms with E-state index in [9.17, 15) is 14.4 Å². The highest BCUT2D eigenvalue weighted by Gasteiger charge is 2.19. The first kappa shape index (κ1) is 73.3. The van der Waals surface area contributed by atoms with Crippen LogP contribution in [0.1, 0.15) is 316 Å². The number of esters is 3. The highest BCUT2D eigenvalue weighted by atomic mass is 16.6. The fraction of sp³-hybridized carbons (Fsp3) is 0.732. The smallest absolute Gasteiger partial charge is 0.306 e. The Morgan fingerprint density at radius 3 is 0.805 bits per heavy atom. The van der Waals surface area contributed by atoms with Gasteiger partial charge < -0.3 is 14.2 Å². The third-order valence-corrected chi connectivity index (χ3v) is 14.1. The van der Waals surface area contributed by atoms with Crippen LogP contribution in [0, 0.1) is 0 Å². The van der Waals surface area contributed by atoms with Gasteiger partial charge in [-0.15, -0.1) is 0 Å². The van der Waals surface area contributed by atoms with E-state index in [1.54, 1.807) is 0 Å². The summed E-state index contributed by atoms with van der Waals surface area (Å²) in [6.45, 7) is 6.43. The quantitative estimate of drug-likeness (QED) is 0.0261. The Labute approximate surface area is 477 Å². The first-order valence-corrected chi connectivity index (χ1v) is 32.7. The molecule has 0 bridgehead atoms. The fourth-order valence-electron chi connectivity index (χ4n) is 9.21. The maximum Gasteiger partial charge on any atom is 0.306 e. The van der Waals surface area contributed by atoms with Crippen LogP contribution >= 0.6 is 0 Å². The number of hydrogen-bond donors (Lipinski definition) is 0. The van der Waals surface area contributed by atoms with E-state index in [2.05, 4.69) is 118 Å². The van der Waals surface area contributed by atoms with Gasteiger partial charge in [0.05, 0.1) is 0 Å². The van der Waals surface area contributed by atoms with Crippen molar-refractivity contribution in [2.45, 2.75) is 322 Å². The minimum atomic E-state index is -0.787. The summed E-state index contributed by atoms with van der Waals surface area (Å²) in [6, 6.07) is 0. The molecular formula is C71H122O6. The predicted octanol–water partition coefficient (Wildman–Crippen LogP) is 22.4. The minimum Gasteiger partial charge on any atom is -0.462 e. The summed E-state index contributed by atoms with van der Waals surface area (Å²) in [7, 11) is 0. The molecule has 0 spiro atoms. The number of rotatable bonds is 59. The third-order valence-electron chi connectivity index (χ3n) is 14.1. The first-order chi connectivity index (χ1) is 38.0. The summed E-state index contributed by atoms with van der Waals surface area (Å²) >= 11 is 0. The van der Waals surface area contributed by atoms with Gasteiger partial charge in [0.25, 0.3) is 0 Å². The van der Waals surface area contributed by atoms with Crippen molar-refractivity contribution in [3.63, 3.8) is 0 Å². The molecule has 0 aromatic rings. The van der Waals surface area contributed by atoms with Crippen LogP contribution in [0.25, 0.3) is 0 Å². The molecule has 0 radical (unpaired) electrons. The van der Waals surface area contributed by atoms with E-state index < -0.39 is 6.10 Å². The zero-order chi connectivity index (χ0) is 55.7. The summed E-state index contributed by atoms with van der Waals surface area (Å²) < 4.78 is 16.9. The van der Waals surface area contributed by atoms with E-state index in [1.807, 2.05) is 0 Å². The monoisotopic (exact) mass is 1070 g/mol. The number of carbonyl (C=O) groups is 3. The van der Waals surface area contributed by atoms with Gasteiger partial charge >= 0.3 is 17.9 Å². The lowest BCUT2D eigenvalue weighted by molar-refractivity contribution is -0.167. The maximum absolute atomic E-state index is 12.9. The van der Waals surface area contributed by atoms with E-state index >= 15 is 0 Å². The largest absolute Gasteiger partial charge is 0.462 e. The van der Waals surface area contributed by atoms with Crippen LogP contribution in [-0.4, -0.2) is 37.2 Å². The number of unbranched alkanes of at least 4 members (excludes halogenated alkanes) is 32. The molecule has 0 saturated heterocycles. The van der Waals surface area contributed by atoms with Crippen LogP contribution in [0.4, 0.5) is 0 Å². The van der Waals surface area contributed by atoms with Gasteiger partial charge in [0.2, 0.25) is 0 Å². The molecule has 0 amide bonds. The van der Waals surface area contributed by atoms with Gasteiger partial charge in [-0.05, 0) is 116 Å². The van der Waals surface area contributed by atoms with Crippen molar-refractivity contribution in [1.29, 1.82) is 0 Å². The normalized spacial score (nSPS) is 12.7. The molecule has 0 saturated carbocycles. The third kappa shape index (κ3) is 63.0. The van der Waals surface area contributed by atoms with E-state index in [0.29, 0.717) is 19.3 Å². The number of allylic oxidation sites excluding steroid dienone is 16. The van der Waals surface area contributed by atoms with Crippen LogP contribution in [0.5, 0.6) is 0 Å². The van der Waals surface area contributed by atoms with Gasteiger partial charge in [-0.25, -0.2) is 0 Å². The average Bonchev–Trinajstić information content (AvgIpc) is 3.43. The Bertz CT molecular complexity index is 1510. The van der Waals surface area contributed by atoms with Gasteiger partial charge in [-0.3, -0.25) is 14.4 Å². The van der Waals surface area contributed by atoms with Crippen molar-refractivity contribution < 1.29 is 28.6 Å². The summed E-state index contributed by atoms with van der Waals surface area (Å²) in [5.41, 5.74) is 0. The highest BCUT2D eigenvalue weighted by molar-refractivity contribution is 5.71. The summed E-state index contributed by atoms with van der Waals surface area (Å²) in [5, 5.41) is 0. The zero-order valence-electron chi connectivity index (χ0n) is 50.7. The number of ether oxygens (including phenoxy) is 3. The molecule has 1 atom stereocenters. The molecule has 0 fully saturated rings. The lowest BCUT2D eigenvalue weighted by atomic mass is 10.0. The van der Waals surface area contributed by atoms with Crippen LogP contribution in [-0.2, 0) is 28.6 Å². The molecule has 1 unspecified atom stereocenters. The second-order valence-electron chi connectivity index (χ2n) is 21.6. The van der Waals surface area contributed by atoms with E-state index in [0.717, 1.165) is 116 Å². The maximum atomic E-state index is 12.9. The molecule has 0 aromatic heterocycles. The lowest BCUT2D eigenvalue weighted by Gasteiger charge is -2.18.